The van der Waals surface area contributed by atoms with Crippen molar-refractivity contribution in [1.29, 1.82) is 0 Å². The van der Waals surface area contributed by atoms with Gasteiger partial charge < -0.3 is 5.32 Å². The van der Waals surface area contributed by atoms with Crippen molar-refractivity contribution in [3.8, 4) is 0 Å². The Balaban J connectivity index is 1.63. The molecular weight excluding hydrogens is 358 g/mol. The first-order valence-electron chi connectivity index (χ1n) is 7.88. The van der Waals surface area contributed by atoms with Crippen LogP contribution < -0.4 is 5.32 Å². The fourth-order valence-corrected chi connectivity index (χ4v) is 3.87. The van der Waals surface area contributed by atoms with Crippen molar-refractivity contribution in [2.24, 2.45) is 0 Å². The SMILES string of the molecule is Cc1ccc(CSCCNC(=O)C(C)Sc2ccc(Cl)cc2)cc1. The van der Waals surface area contributed by atoms with Gasteiger partial charge in [-0.05, 0) is 43.7 Å². The number of carbonyl (C=O) groups is 1. The molecule has 128 valence electrons. The lowest BCUT2D eigenvalue weighted by Crippen LogP contribution is -2.32. The van der Waals surface area contributed by atoms with Gasteiger partial charge in [0.1, 0.15) is 0 Å². The average Bonchev–Trinajstić information content (AvgIpc) is 2.58. The molecular formula is C19H22ClNOS2. The Morgan fingerprint density at radius 2 is 1.79 bits per heavy atom. The number of amides is 1. The van der Waals surface area contributed by atoms with E-state index in [2.05, 4.69) is 36.5 Å². The zero-order valence-corrected chi connectivity index (χ0v) is 16.3. The fourth-order valence-electron chi connectivity index (χ4n) is 2.04. The highest BCUT2D eigenvalue weighted by molar-refractivity contribution is 8.00. The molecule has 2 aromatic rings. The van der Waals surface area contributed by atoms with Gasteiger partial charge in [0.2, 0.25) is 5.91 Å². The van der Waals surface area contributed by atoms with E-state index in [9.17, 15) is 4.79 Å². The summed E-state index contributed by atoms with van der Waals surface area (Å²) in [6, 6.07) is 16.1. The Morgan fingerprint density at radius 3 is 2.46 bits per heavy atom. The summed E-state index contributed by atoms with van der Waals surface area (Å²) in [5.74, 6) is 1.97. The lowest BCUT2D eigenvalue weighted by atomic mass is 10.2. The van der Waals surface area contributed by atoms with Crippen LogP contribution >= 0.6 is 35.1 Å². The van der Waals surface area contributed by atoms with Gasteiger partial charge in [-0.25, -0.2) is 0 Å². The van der Waals surface area contributed by atoms with E-state index in [0.29, 0.717) is 11.6 Å². The lowest BCUT2D eigenvalue weighted by Gasteiger charge is -2.12. The third kappa shape index (κ3) is 6.80. The summed E-state index contributed by atoms with van der Waals surface area (Å²) in [5.41, 5.74) is 2.60. The molecule has 0 aliphatic heterocycles. The Bertz CT molecular complexity index is 643. The van der Waals surface area contributed by atoms with Crippen molar-refractivity contribution >= 4 is 41.0 Å². The molecule has 0 radical (unpaired) electrons. The maximum atomic E-state index is 12.1. The maximum absolute atomic E-state index is 12.1. The van der Waals surface area contributed by atoms with Crippen molar-refractivity contribution in [1.82, 2.24) is 5.32 Å². The van der Waals surface area contributed by atoms with E-state index in [1.807, 2.05) is 43.0 Å². The van der Waals surface area contributed by atoms with E-state index in [4.69, 9.17) is 11.6 Å². The summed E-state index contributed by atoms with van der Waals surface area (Å²) in [5, 5.41) is 3.60. The van der Waals surface area contributed by atoms with Crippen molar-refractivity contribution in [3.63, 3.8) is 0 Å². The highest BCUT2D eigenvalue weighted by Gasteiger charge is 2.13. The second-order valence-corrected chi connectivity index (χ2v) is 8.50. The summed E-state index contributed by atoms with van der Waals surface area (Å²) in [6.07, 6.45) is 0. The molecule has 2 nitrogen and oxygen atoms in total. The number of nitrogens with one attached hydrogen (secondary N) is 1. The number of benzene rings is 2. The van der Waals surface area contributed by atoms with Crippen molar-refractivity contribution in [2.45, 2.75) is 29.7 Å². The van der Waals surface area contributed by atoms with E-state index >= 15 is 0 Å². The molecule has 0 aromatic heterocycles. The first-order chi connectivity index (χ1) is 11.5. The van der Waals surface area contributed by atoms with Crippen LogP contribution in [0.15, 0.2) is 53.4 Å². The van der Waals surface area contributed by atoms with Gasteiger partial charge in [0.05, 0.1) is 5.25 Å². The summed E-state index contributed by atoms with van der Waals surface area (Å²) < 4.78 is 0. The number of carbonyl (C=O) groups excluding carboxylic acids is 1. The summed E-state index contributed by atoms with van der Waals surface area (Å²) in [7, 11) is 0. The minimum atomic E-state index is -0.117. The van der Waals surface area contributed by atoms with Crippen molar-refractivity contribution in [3.05, 3.63) is 64.7 Å². The molecule has 0 aliphatic rings. The topological polar surface area (TPSA) is 29.1 Å². The first kappa shape index (κ1) is 19.2. The largest absolute Gasteiger partial charge is 0.354 e. The highest BCUT2D eigenvalue weighted by atomic mass is 35.5. The molecule has 24 heavy (non-hydrogen) atoms. The van der Waals surface area contributed by atoms with Crippen LogP contribution in [0.1, 0.15) is 18.1 Å². The number of aryl methyl sites for hydroxylation is 1. The van der Waals surface area contributed by atoms with Crippen molar-refractivity contribution in [2.75, 3.05) is 12.3 Å². The third-order valence-corrected chi connectivity index (χ3v) is 5.82. The normalized spacial score (nSPS) is 12.0. The Labute approximate surface area is 157 Å². The second-order valence-electron chi connectivity index (χ2n) is 5.54. The van der Waals surface area contributed by atoms with E-state index in [1.54, 1.807) is 11.8 Å². The molecule has 0 saturated heterocycles. The standard InChI is InChI=1S/C19H22ClNOS2/c1-14-3-5-16(6-4-14)13-23-12-11-21-19(22)15(2)24-18-9-7-17(20)8-10-18/h3-10,15H,11-13H2,1-2H3,(H,21,22). The Kier molecular flexibility index (Phi) is 8.03. The van der Waals surface area contributed by atoms with Gasteiger partial charge in [0, 0.05) is 28.0 Å². The summed E-state index contributed by atoms with van der Waals surface area (Å²) >= 11 is 9.25. The van der Waals surface area contributed by atoms with E-state index in [0.717, 1.165) is 16.4 Å². The second kappa shape index (κ2) is 10.0. The van der Waals surface area contributed by atoms with Crippen LogP contribution in [-0.4, -0.2) is 23.5 Å². The van der Waals surface area contributed by atoms with Gasteiger partial charge in [-0.15, -0.1) is 11.8 Å². The zero-order chi connectivity index (χ0) is 17.4. The smallest absolute Gasteiger partial charge is 0.233 e. The molecule has 1 unspecified atom stereocenters. The number of halogens is 1. The number of hydrogen-bond donors (Lipinski definition) is 1. The van der Waals surface area contributed by atoms with Crippen molar-refractivity contribution < 1.29 is 4.79 Å². The fraction of sp³-hybridized carbons (Fsp3) is 0.316. The van der Waals surface area contributed by atoms with Gasteiger partial charge >= 0.3 is 0 Å². The van der Waals surface area contributed by atoms with Crippen LogP contribution in [0, 0.1) is 6.92 Å². The van der Waals surface area contributed by atoms with E-state index in [1.165, 1.54) is 11.1 Å². The van der Waals surface area contributed by atoms with Crippen LogP contribution in [0.25, 0.3) is 0 Å². The van der Waals surface area contributed by atoms with E-state index < -0.39 is 0 Å². The summed E-state index contributed by atoms with van der Waals surface area (Å²) in [4.78, 5) is 13.2. The van der Waals surface area contributed by atoms with Gasteiger partial charge in [0.15, 0.2) is 0 Å². The van der Waals surface area contributed by atoms with Crippen LogP contribution in [0.2, 0.25) is 5.02 Å². The molecule has 0 spiro atoms. The van der Waals surface area contributed by atoms with Gasteiger partial charge in [-0.2, -0.15) is 11.8 Å². The Morgan fingerprint density at radius 1 is 1.12 bits per heavy atom. The summed E-state index contributed by atoms with van der Waals surface area (Å²) in [6.45, 7) is 4.71. The predicted molar refractivity (Wildman–Crippen MR) is 107 cm³/mol. The number of thioether (sulfide) groups is 2. The quantitative estimate of drug-likeness (QED) is 0.506. The van der Waals surface area contributed by atoms with Gasteiger partial charge in [-0.3, -0.25) is 4.79 Å². The van der Waals surface area contributed by atoms with Crippen LogP contribution in [-0.2, 0) is 10.5 Å². The van der Waals surface area contributed by atoms with Crippen LogP contribution in [0.5, 0.6) is 0 Å². The minimum absolute atomic E-state index is 0.0749. The molecule has 2 rings (SSSR count). The van der Waals surface area contributed by atoms with Gasteiger partial charge in [0.25, 0.3) is 0 Å². The zero-order valence-electron chi connectivity index (χ0n) is 13.9. The third-order valence-electron chi connectivity index (χ3n) is 3.43. The molecule has 2 aromatic carbocycles. The molecule has 0 saturated carbocycles. The van der Waals surface area contributed by atoms with Gasteiger partial charge in [-0.1, -0.05) is 41.4 Å². The highest BCUT2D eigenvalue weighted by Crippen LogP contribution is 2.24. The first-order valence-corrected chi connectivity index (χ1v) is 10.3. The molecule has 0 fully saturated rings. The average molecular weight is 380 g/mol. The molecule has 5 heteroatoms. The molecule has 1 atom stereocenters. The molecule has 1 N–H and O–H groups in total. The van der Waals surface area contributed by atoms with Crippen LogP contribution in [0.3, 0.4) is 0 Å². The molecule has 1 amide bonds. The lowest BCUT2D eigenvalue weighted by molar-refractivity contribution is -0.120. The van der Waals surface area contributed by atoms with Crippen LogP contribution in [0.4, 0.5) is 0 Å². The monoisotopic (exact) mass is 379 g/mol. The van der Waals surface area contributed by atoms with E-state index in [-0.39, 0.29) is 11.2 Å². The Hall–Kier alpha value is -1.10. The number of hydrogen-bond acceptors (Lipinski definition) is 3. The molecule has 0 bridgehead atoms. The maximum Gasteiger partial charge on any atom is 0.233 e. The number of rotatable bonds is 8. The molecule has 0 heterocycles. The minimum Gasteiger partial charge on any atom is -0.354 e. The predicted octanol–water partition coefficient (Wildman–Crippen LogP) is 5.18. The molecule has 0 aliphatic carbocycles.